The van der Waals surface area contributed by atoms with Gasteiger partial charge in [-0.2, -0.15) is 0 Å². The molecule has 0 bridgehead atoms. The molecule has 3 aromatic rings. The van der Waals surface area contributed by atoms with Gasteiger partial charge < -0.3 is 20.1 Å². The maximum absolute atomic E-state index is 13.5. The molecule has 1 unspecified atom stereocenters. The molecule has 0 spiro atoms. The first-order valence-electron chi connectivity index (χ1n) is 8.63. The smallest absolute Gasteiger partial charge is 0.224 e. The van der Waals surface area contributed by atoms with Crippen LogP contribution in [0.1, 0.15) is 11.3 Å². The Morgan fingerprint density at radius 3 is 2.89 bits per heavy atom. The first kappa shape index (κ1) is 20.5. The van der Waals surface area contributed by atoms with Crippen molar-refractivity contribution >= 4 is 40.0 Å². The van der Waals surface area contributed by atoms with Crippen molar-refractivity contribution in [1.82, 2.24) is 10.3 Å². The number of halogens is 3. The second-order valence-electron chi connectivity index (χ2n) is 6.42. The zero-order chi connectivity index (χ0) is 20.3. The van der Waals surface area contributed by atoms with Crippen molar-refractivity contribution in [3.8, 4) is 5.75 Å². The summed E-state index contributed by atoms with van der Waals surface area (Å²) in [7, 11) is 0. The van der Waals surface area contributed by atoms with Crippen LogP contribution in [0.15, 0.2) is 36.4 Å². The standard InChI is InChI=1S/C20H19Cl2FN2O3/c1-11-14(15-7-12(23)5-6-17(15)25-11)8-19(27)24-9-13(26)10-28-18-4-2-3-16(21)20(18)22/h2-7,13,25-26H,8-10H2,1H3,(H,24,27). The van der Waals surface area contributed by atoms with Gasteiger partial charge in [-0.05, 0) is 42.8 Å². The number of nitrogens with one attached hydrogen (secondary N) is 2. The van der Waals surface area contributed by atoms with Gasteiger partial charge in [0.2, 0.25) is 5.91 Å². The summed E-state index contributed by atoms with van der Waals surface area (Å²) in [5, 5.41) is 14.0. The van der Waals surface area contributed by atoms with Crippen LogP contribution in [0.3, 0.4) is 0 Å². The van der Waals surface area contributed by atoms with Crippen LogP contribution in [0.25, 0.3) is 10.9 Å². The largest absolute Gasteiger partial charge is 0.489 e. The van der Waals surface area contributed by atoms with Crippen molar-refractivity contribution in [3.63, 3.8) is 0 Å². The zero-order valence-electron chi connectivity index (χ0n) is 15.1. The summed E-state index contributed by atoms with van der Waals surface area (Å²) in [6.07, 6.45) is -0.858. The lowest BCUT2D eigenvalue weighted by Crippen LogP contribution is -2.36. The van der Waals surface area contributed by atoms with Crippen molar-refractivity contribution in [1.29, 1.82) is 0 Å². The summed E-state index contributed by atoms with van der Waals surface area (Å²) >= 11 is 11.9. The third-order valence-corrected chi connectivity index (χ3v) is 5.10. The monoisotopic (exact) mass is 424 g/mol. The van der Waals surface area contributed by atoms with Crippen LogP contribution in [-0.2, 0) is 11.2 Å². The number of aliphatic hydroxyl groups is 1. The van der Waals surface area contributed by atoms with E-state index < -0.39 is 6.10 Å². The Kier molecular flexibility index (Phi) is 6.44. The summed E-state index contributed by atoms with van der Waals surface area (Å²) in [4.78, 5) is 15.4. The number of carbonyl (C=O) groups is 1. The summed E-state index contributed by atoms with van der Waals surface area (Å²) in [5.74, 6) is -0.288. The normalized spacial score (nSPS) is 12.2. The number of hydrogen-bond acceptors (Lipinski definition) is 3. The molecule has 3 rings (SSSR count). The number of amides is 1. The van der Waals surface area contributed by atoms with E-state index in [1.807, 2.05) is 6.92 Å². The molecule has 8 heteroatoms. The molecule has 1 amide bonds. The lowest BCUT2D eigenvalue weighted by Gasteiger charge is -2.14. The van der Waals surface area contributed by atoms with E-state index in [9.17, 15) is 14.3 Å². The fourth-order valence-electron chi connectivity index (χ4n) is 2.88. The van der Waals surface area contributed by atoms with Gasteiger partial charge in [-0.15, -0.1) is 0 Å². The van der Waals surface area contributed by atoms with Crippen LogP contribution < -0.4 is 10.1 Å². The second kappa shape index (κ2) is 8.82. The first-order chi connectivity index (χ1) is 13.3. The lowest BCUT2D eigenvalue weighted by molar-refractivity contribution is -0.121. The molecule has 1 heterocycles. The molecule has 28 heavy (non-hydrogen) atoms. The van der Waals surface area contributed by atoms with Gasteiger partial charge in [-0.25, -0.2) is 4.39 Å². The molecule has 148 valence electrons. The van der Waals surface area contributed by atoms with Gasteiger partial charge in [0.1, 0.15) is 29.3 Å². The van der Waals surface area contributed by atoms with Crippen LogP contribution >= 0.6 is 23.2 Å². The molecule has 3 N–H and O–H groups in total. The predicted octanol–water partition coefficient (Wildman–Crippen LogP) is 4.02. The van der Waals surface area contributed by atoms with Gasteiger partial charge in [0.25, 0.3) is 0 Å². The molecular formula is C20H19Cl2FN2O3. The van der Waals surface area contributed by atoms with E-state index in [0.717, 1.165) is 16.8 Å². The minimum absolute atomic E-state index is 0.00673. The Labute approximate surface area is 171 Å². The third kappa shape index (κ3) is 4.76. The maximum atomic E-state index is 13.5. The van der Waals surface area contributed by atoms with Gasteiger partial charge in [-0.1, -0.05) is 29.3 Å². The highest BCUT2D eigenvalue weighted by Crippen LogP contribution is 2.31. The number of rotatable bonds is 7. The summed E-state index contributed by atoms with van der Waals surface area (Å²) < 4.78 is 19.0. The molecule has 0 aliphatic heterocycles. The van der Waals surface area contributed by atoms with Crippen molar-refractivity contribution < 1.29 is 19.0 Å². The van der Waals surface area contributed by atoms with E-state index >= 15 is 0 Å². The quantitative estimate of drug-likeness (QED) is 0.536. The molecule has 0 saturated heterocycles. The fraction of sp³-hybridized carbons (Fsp3) is 0.250. The molecule has 5 nitrogen and oxygen atoms in total. The summed E-state index contributed by atoms with van der Waals surface area (Å²) in [6.45, 7) is 1.78. The maximum Gasteiger partial charge on any atom is 0.224 e. The first-order valence-corrected chi connectivity index (χ1v) is 9.39. The highest BCUT2D eigenvalue weighted by molar-refractivity contribution is 6.42. The molecule has 1 atom stereocenters. The molecule has 0 saturated carbocycles. The third-order valence-electron chi connectivity index (χ3n) is 4.30. The van der Waals surface area contributed by atoms with Crippen LogP contribution in [0.5, 0.6) is 5.75 Å². The number of ether oxygens (including phenoxy) is 1. The van der Waals surface area contributed by atoms with Gasteiger partial charge in [0, 0.05) is 23.1 Å². The van der Waals surface area contributed by atoms with Gasteiger partial charge in [0.15, 0.2) is 0 Å². The lowest BCUT2D eigenvalue weighted by atomic mass is 10.1. The SMILES string of the molecule is Cc1[nH]c2ccc(F)cc2c1CC(=O)NCC(O)COc1cccc(Cl)c1Cl. The number of H-pyrrole nitrogens is 1. The summed E-state index contributed by atoms with van der Waals surface area (Å²) in [5.41, 5.74) is 2.30. The van der Waals surface area contributed by atoms with Crippen molar-refractivity contribution in [2.45, 2.75) is 19.4 Å². The van der Waals surface area contributed by atoms with E-state index in [1.54, 1.807) is 24.3 Å². The number of aromatic nitrogens is 1. The van der Waals surface area contributed by atoms with Crippen LogP contribution in [0, 0.1) is 12.7 Å². The van der Waals surface area contributed by atoms with E-state index in [4.69, 9.17) is 27.9 Å². The Balaban J connectivity index is 1.54. The van der Waals surface area contributed by atoms with E-state index in [2.05, 4.69) is 10.3 Å². The highest BCUT2D eigenvalue weighted by Gasteiger charge is 2.15. The number of aliphatic hydroxyl groups excluding tert-OH is 1. The molecule has 0 aliphatic rings. The molecule has 2 aromatic carbocycles. The number of aromatic amines is 1. The average Bonchev–Trinajstić information content (AvgIpc) is 2.96. The molecular weight excluding hydrogens is 406 g/mol. The number of hydrogen-bond donors (Lipinski definition) is 3. The number of carbonyl (C=O) groups excluding carboxylic acids is 1. The van der Waals surface area contributed by atoms with E-state index in [-0.39, 0.29) is 36.3 Å². The predicted molar refractivity (Wildman–Crippen MR) is 108 cm³/mol. The molecule has 0 radical (unpaired) electrons. The summed E-state index contributed by atoms with van der Waals surface area (Å²) in [6, 6.07) is 9.36. The zero-order valence-corrected chi connectivity index (χ0v) is 16.6. The minimum atomic E-state index is -0.930. The number of aryl methyl sites for hydroxylation is 1. The van der Waals surface area contributed by atoms with Gasteiger partial charge in [0.05, 0.1) is 11.4 Å². The molecule has 1 aromatic heterocycles. The van der Waals surface area contributed by atoms with Crippen LogP contribution in [0.2, 0.25) is 10.0 Å². The Morgan fingerprint density at radius 1 is 1.32 bits per heavy atom. The Bertz CT molecular complexity index is 1010. The van der Waals surface area contributed by atoms with Crippen molar-refractivity contribution in [3.05, 3.63) is 63.5 Å². The van der Waals surface area contributed by atoms with E-state index in [0.29, 0.717) is 16.2 Å². The van der Waals surface area contributed by atoms with Crippen molar-refractivity contribution in [2.75, 3.05) is 13.2 Å². The van der Waals surface area contributed by atoms with Crippen LogP contribution in [0.4, 0.5) is 4.39 Å². The topological polar surface area (TPSA) is 74.4 Å². The molecule has 0 aliphatic carbocycles. The molecule has 0 fully saturated rings. The fourth-order valence-corrected chi connectivity index (χ4v) is 3.22. The number of benzene rings is 2. The average molecular weight is 425 g/mol. The highest BCUT2D eigenvalue weighted by atomic mass is 35.5. The van der Waals surface area contributed by atoms with Gasteiger partial charge >= 0.3 is 0 Å². The van der Waals surface area contributed by atoms with Crippen LogP contribution in [-0.4, -0.2) is 35.3 Å². The number of fused-ring (bicyclic) bond motifs is 1. The van der Waals surface area contributed by atoms with Crippen molar-refractivity contribution in [2.24, 2.45) is 0 Å². The van der Waals surface area contributed by atoms with Gasteiger partial charge in [-0.3, -0.25) is 4.79 Å². The Morgan fingerprint density at radius 2 is 2.11 bits per heavy atom. The minimum Gasteiger partial charge on any atom is -0.489 e. The second-order valence-corrected chi connectivity index (χ2v) is 7.20. The Hall–Kier alpha value is -2.28. The van der Waals surface area contributed by atoms with E-state index in [1.165, 1.54) is 12.1 Å².